The average Bonchev–Trinajstić information content (AvgIpc) is 2.55. The molecule has 0 spiro atoms. The molecule has 0 aliphatic heterocycles. The standard InChI is InChI=1S/C16H20N4O2/c1-3-12-13(4-2)19-20-16(17-12)18-14(15(21)22)10-11-8-6-5-7-9-11/h5-9,14H,3-4,10H2,1-2H3,(H,21,22)(H,17,18,20)/t14-/m1/s1. The van der Waals surface area contributed by atoms with Gasteiger partial charge in [-0.3, -0.25) is 0 Å². The molecule has 6 heteroatoms. The van der Waals surface area contributed by atoms with Crippen molar-refractivity contribution < 1.29 is 9.90 Å². The maximum Gasteiger partial charge on any atom is 0.326 e. The Morgan fingerprint density at radius 2 is 1.82 bits per heavy atom. The van der Waals surface area contributed by atoms with Gasteiger partial charge < -0.3 is 10.4 Å². The number of aryl methyl sites for hydroxylation is 2. The molecule has 1 atom stereocenters. The van der Waals surface area contributed by atoms with E-state index in [9.17, 15) is 9.90 Å². The SMILES string of the molecule is CCc1nnc(N[C@H](Cc2ccccc2)C(=O)O)nc1CC. The molecule has 0 aliphatic rings. The Labute approximate surface area is 129 Å². The number of nitrogens with zero attached hydrogens (tertiary/aromatic N) is 3. The van der Waals surface area contributed by atoms with Crippen molar-refractivity contribution in [1.29, 1.82) is 0 Å². The van der Waals surface area contributed by atoms with Gasteiger partial charge in [-0.05, 0) is 18.4 Å². The van der Waals surface area contributed by atoms with Gasteiger partial charge >= 0.3 is 5.97 Å². The number of hydrogen-bond donors (Lipinski definition) is 2. The Morgan fingerprint density at radius 3 is 2.41 bits per heavy atom. The van der Waals surface area contributed by atoms with Crippen LogP contribution in [-0.4, -0.2) is 32.3 Å². The first kappa shape index (κ1) is 15.9. The largest absolute Gasteiger partial charge is 0.480 e. The number of anilines is 1. The molecule has 6 nitrogen and oxygen atoms in total. The van der Waals surface area contributed by atoms with E-state index in [2.05, 4.69) is 20.5 Å². The van der Waals surface area contributed by atoms with Gasteiger partial charge in [-0.25, -0.2) is 9.78 Å². The van der Waals surface area contributed by atoms with Crippen LogP contribution in [0.1, 0.15) is 30.8 Å². The van der Waals surface area contributed by atoms with Gasteiger partial charge in [0.15, 0.2) is 0 Å². The third kappa shape index (κ3) is 4.00. The molecular formula is C16H20N4O2. The molecule has 1 aromatic carbocycles. The Bertz CT molecular complexity index is 631. The first-order chi connectivity index (χ1) is 10.6. The van der Waals surface area contributed by atoms with E-state index in [1.165, 1.54) is 0 Å². The van der Waals surface area contributed by atoms with Crippen molar-refractivity contribution in [3.8, 4) is 0 Å². The number of carboxylic acids is 1. The first-order valence-corrected chi connectivity index (χ1v) is 7.39. The molecule has 116 valence electrons. The Balaban J connectivity index is 2.16. The van der Waals surface area contributed by atoms with Crippen LogP contribution >= 0.6 is 0 Å². The van der Waals surface area contributed by atoms with Crippen LogP contribution in [0.5, 0.6) is 0 Å². The van der Waals surface area contributed by atoms with Crippen molar-refractivity contribution in [2.75, 3.05) is 5.32 Å². The number of carboxylic acid groups (broad SMARTS) is 1. The number of hydrogen-bond acceptors (Lipinski definition) is 5. The minimum absolute atomic E-state index is 0.261. The number of nitrogens with one attached hydrogen (secondary N) is 1. The summed E-state index contributed by atoms with van der Waals surface area (Å²) in [6.45, 7) is 3.99. The van der Waals surface area contributed by atoms with Gasteiger partial charge in [0, 0.05) is 6.42 Å². The van der Waals surface area contributed by atoms with Gasteiger partial charge in [0.2, 0.25) is 5.95 Å². The zero-order valence-electron chi connectivity index (χ0n) is 12.8. The molecule has 0 radical (unpaired) electrons. The van der Waals surface area contributed by atoms with Crippen LogP contribution < -0.4 is 5.32 Å². The Kier molecular flexibility index (Phi) is 5.41. The van der Waals surface area contributed by atoms with E-state index >= 15 is 0 Å². The summed E-state index contributed by atoms with van der Waals surface area (Å²) < 4.78 is 0. The predicted molar refractivity (Wildman–Crippen MR) is 83.8 cm³/mol. The molecule has 0 fully saturated rings. The lowest BCUT2D eigenvalue weighted by Crippen LogP contribution is -2.32. The normalized spacial score (nSPS) is 11.9. The number of benzene rings is 1. The van der Waals surface area contributed by atoms with Crippen molar-refractivity contribution in [3.05, 3.63) is 47.3 Å². The smallest absolute Gasteiger partial charge is 0.326 e. The molecule has 0 saturated heterocycles. The van der Waals surface area contributed by atoms with Gasteiger partial charge in [0.1, 0.15) is 6.04 Å². The second kappa shape index (κ2) is 7.49. The Hall–Kier alpha value is -2.50. The zero-order chi connectivity index (χ0) is 15.9. The monoisotopic (exact) mass is 300 g/mol. The van der Waals surface area contributed by atoms with Crippen molar-refractivity contribution in [2.24, 2.45) is 0 Å². The lowest BCUT2D eigenvalue weighted by molar-refractivity contribution is -0.137. The average molecular weight is 300 g/mol. The van der Waals surface area contributed by atoms with E-state index < -0.39 is 12.0 Å². The van der Waals surface area contributed by atoms with E-state index in [1.807, 2.05) is 44.2 Å². The summed E-state index contributed by atoms with van der Waals surface area (Å²) in [5.74, 6) is -0.678. The molecule has 1 aromatic heterocycles. The number of rotatable bonds is 7. The van der Waals surface area contributed by atoms with E-state index in [0.717, 1.165) is 29.8 Å². The molecule has 0 saturated carbocycles. The summed E-state index contributed by atoms with van der Waals surface area (Å²) in [5, 5.41) is 20.4. The Morgan fingerprint density at radius 1 is 1.14 bits per heavy atom. The maximum atomic E-state index is 11.4. The van der Waals surface area contributed by atoms with E-state index in [1.54, 1.807) is 0 Å². The van der Waals surface area contributed by atoms with Crippen LogP contribution in [0.15, 0.2) is 30.3 Å². The summed E-state index contributed by atoms with van der Waals surface area (Å²) in [6, 6.07) is 8.68. The quantitative estimate of drug-likeness (QED) is 0.814. The fourth-order valence-corrected chi connectivity index (χ4v) is 2.20. The molecule has 0 unspecified atom stereocenters. The van der Waals surface area contributed by atoms with Crippen molar-refractivity contribution >= 4 is 11.9 Å². The molecule has 0 aliphatic carbocycles. The van der Waals surface area contributed by atoms with Crippen LogP contribution in [-0.2, 0) is 24.1 Å². The number of aliphatic carboxylic acids is 1. The van der Waals surface area contributed by atoms with Crippen molar-refractivity contribution in [2.45, 2.75) is 39.2 Å². The molecule has 2 aromatic rings. The molecule has 1 heterocycles. The van der Waals surface area contributed by atoms with Gasteiger partial charge in [0.05, 0.1) is 11.4 Å². The van der Waals surface area contributed by atoms with Crippen LogP contribution in [0.2, 0.25) is 0 Å². The van der Waals surface area contributed by atoms with Crippen LogP contribution in [0.3, 0.4) is 0 Å². The molecule has 0 bridgehead atoms. The lowest BCUT2D eigenvalue weighted by atomic mass is 10.1. The topological polar surface area (TPSA) is 88.0 Å². The second-order valence-electron chi connectivity index (χ2n) is 4.96. The molecule has 0 amide bonds. The molecule has 2 N–H and O–H groups in total. The van der Waals surface area contributed by atoms with Gasteiger partial charge in [0.25, 0.3) is 0 Å². The third-order valence-electron chi connectivity index (χ3n) is 3.39. The van der Waals surface area contributed by atoms with Crippen LogP contribution in [0.4, 0.5) is 5.95 Å². The fourth-order valence-electron chi connectivity index (χ4n) is 2.20. The van der Waals surface area contributed by atoms with Gasteiger partial charge in [-0.15, -0.1) is 5.10 Å². The van der Waals surface area contributed by atoms with E-state index in [4.69, 9.17) is 0 Å². The fraction of sp³-hybridized carbons (Fsp3) is 0.375. The molecule has 2 rings (SSSR count). The number of aromatic nitrogens is 3. The highest BCUT2D eigenvalue weighted by Crippen LogP contribution is 2.10. The number of carbonyl (C=O) groups is 1. The maximum absolute atomic E-state index is 11.4. The minimum Gasteiger partial charge on any atom is -0.480 e. The molecular weight excluding hydrogens is 280 g/mol. The van der Waals surface area contributed by atoms with Gasteiger partial charge in [-0.2, -0.15) is 5.10 Å². The summed E-state index contributed by atoms with van der Waals surface area (Å²) in [4.78, 5) is 15.8. The minimum atomic E-state index is -0.940. The van der Waals surface area contributed by atoms with E-state index in [0.29, 0.717) is 6.42 Å². The highest BCUT2D eigenvalue weighted by molar-refractivity contribution is 5.77. The van der Waals surface area contributed by atoms with Crippen molar-refractivity contribution in [1.82, 2.24) is 15.2 Å². The van der Waals surface area contributed by atoms with Crippen LogP contribution in [0, 0.1) is 0 Å². The lowest BCUT2D eigenvalue weighted by Gasteiger charge is -2.15. The predicted octanol–water partition coefficient (Wildman–Crippen LogP) is 2.10. The van der Waals surface area contributed by atoms with E-state index in [-0.39, 0.29) is 5.95 Å². The highest BCUT2D eigenvalue weighted by atomic mass is 16.4. The summed E-state index contributed by atoms with van der Waals surface area (Å²) in [7, 11) is 0. The summed E-state index contributed by atoms with van der Waals surface area (Å²) >= 11 is 0. The second-order valence-corrected chi connectivity index (χ2v) is 4.96. The van der Waals surface area contributed by atoms with Crippen molar-refractivity contribution in [3.63, 3.8) is 0 Å². The third-order valence-corrected chi connectivity index (χ3v) is 3.39. The van der Waals surface area contributed by atoms with Crippen LogP contribution in [0.25, 0.3) is 0 Å². The highest BCUT2D eigenvalue weighted by Gasteiger charge is 2.19. The first-order valence-electron chi connectivity index (χ1n) is 7.39. The summed E-state index contributed by atoms with van der Waals surface area (Å²) in [6.07, 6.45) is 1.86. The zero-order valence-corrected chi connectivity index (χ0v) is 12.8. The van der Waals surface area contributed by atoms with Gasteiger partial charge in [-0.1, -0.05) is 44.2 Å². The summed E-state index contributed by atoms with van der Waals surface area (Å²) in [5.41, 5.74) is 2.64. The molecule has 22 heavy (non-hydrogen) atoms.